The van der Waals surface area contributed by atoms with Crippen LogP contribution in [0.25, 0.3) is 0 Å². The summed E-state index contributed by atoms with van der Waals surface area (Å²) in [4.78, 5) is 10.8. The van der Waals surface area contributed by atoms with Gasteiger partial charge in [0.15, 0.2) is 11.8 Å². The summed E-state index contributed by atoms with van der Waals surface area (Å²) < 4.78 is 5.10. The third kappa shape index (κ3) is 3.95. The van der Waals surface area contributed by atoms with Crippen LogP contribution < -0.4 is 5.32 Å². The Balaban J connectivity index is 1.84. The predicted octanol–water partition coefficient (Wildman–Crippen LogP) is 1.82. The molecule has 1 N–H and O–H groups in total. The fourth-order valence-corrected chi connectivity index (χ4v) is 2.78. The van der Waals surface area contributed by atoms with Crippen molar-refractivity contribution in [1.82, 2.24) is 20.4 Å². The van der Waals surface area contributed by atoms with Gasteiger partial charge in [0, 0.05) is 20.1 Å². The molecule has 6 heteroatoms. The highest BCUT2D eigenvalue weighted by molar-refractivity contribution is 5.80. The largest absolute Gasteiger partial charge is 0.347 e. The van der Waals surface area contributed by atoms with Gasteiger partial charge < -0.3 is 14.7 Å². The van der Waals surface area contributed by atoms with Gasteiger partial charge in [0.05, 0.1) is 6.54 Å². The second-order valence-corrected chi connectivity index (χ2v) is 5.87. The highest BCUT2D eigenvalue weighted by Crippen LogP contribution is 2.23. The van der Waals surface area contributed by atoms with Crippen molar-refractivity contribution >= 4 is 5.96 Å². The number of likely N-dealkylation sites (tertiary alicyclic amines) is 1. The molecule has 0 saturated carbocycles. The maximum Gasteiger partial charge on any atom is 0.246 e. The molecule has 1 aliphatic rings. The minimum Gasteiger partial charge on any atom is -0.347 e. The van der Waals surface area contributed by atoms with E-state index < -0.39 is 0 Å². The Morgan fingerprint density at radius 2 is 2.35 bits per heavy atom. The fraction of sp³-hybridized carbons (Fsp3) is 0.786. The lowest BCUT2D eigenvalue weighted by Gasteiger charge is -2.21. The van der Waals surface area contributed by atoms with Crippen LogP contribution in [0.2, 0.25) is 0 Å². The van der Waals surface area contributed by atoms with E-state index in [9.17, 15) is 0 Å². The van der Waals surface area contributed by atoms with Crippen LogP contribution in [0.5, 0.6) is 0 Å². The van der Waals surface area contributed by atoms with Crippen molar-refractivity contribution in [1.29, 1.82) is 0 Å². The lowest BCUT2D eigenvalue weighted by molar-refractivity contribution is 0.366. The minimum absolute atomic E-state index is 0.527. The van der Waals surface area contributed by atoms with Crippen molar-refractivity contribution in [3.8, 4) is 0 Å². The van der Waals surface area contributed by atoms with Gasteiger partial charge in [-0.3, -0.25) is 4.99 Å². The Hall–Kier alpha value is -1.59. The van der Waals surface area contributed by atoms with Gasteiger partial charge in [-0.1, -0.05) is 19.0 Å². The van der Waals surface area contributed by atoms with Crippen molar-refractivity contribution in [3.05, 3.63) is 11.7 Å². The lowest BCUT2D eigenvalue weighted by atomic mass is 9.97. The van der Waals surface area contributed by atoms with Crippen LogP contribution in [0.4, 0.5) is 0 Å². The summed E-state index contributed by atoms with van der Waals surface area (Å²) in [7, 11) is 1.82. The number of aliphatic imine (C=N–C) groups is 1. The molecule has 0 spiro atoms. The molecule has 1 aromatic rings. The van der Waals surface area contributed by atoms with Crippen molar-refractivity contribution in [3.63, 3.8) is 0 Å². The van der Waals surface area contributed by atoms with Crippen LogP contribution in [-0.4, -0.2) is 41.1 Å². The van der Waals surface area contributed by atoms with Crippen LogP contribution in [0.3, 0.4) is 0 Å². The van der Waals surface area contributed by atoms with Gasteiger partial charge >= 0.3 is 0 Å². The molecule has 1 saturated heterocycles. The first-order chi connectivity index (χ1) is 9.58. The van der Waals surface area contributed by atoms with E-state index >= 15 is 0 Å². The van der Waals surface area contributed by atoms with E-state index in [2.05, 4.69) is 39.2 Å². The second-order valence-electron chi connectivity index (χ2n) is 5.87. The maximum atomic E-state index is 5.10. The molecular formula is C14H25N5O. The van der Waals surface area contributed by atoms with E-state index in [1.807, 2.05) is 14.0 Å². The third-order valence-electron chi connectivity index (χ3n) is 3.57. The molecule has 0 bridgehead atoms. The zero-order valence-electron chi connectivity index (χ0n) is 12.9. The molecule has 0 aromatic carbocycles. The Bertz CT molecular complexity index is 454. The van der Waals surface area contributed by atoms with Crippen molar-refractivity contribution < 1.29 is 4.52 Å². The first kappa shape index (κ1) is 14.8. The molecule has 1 unspecified atom stereocenters. The molecule has 2 rings (SSSR count). The number of aryl methyl sites for hydroxylation is 1. The van der Waals surface area contributed by atoms with Crippen LogP contribution >= 0.6 is 0 Å². The van der Waals surface area contributed by atoms with E-state index in [1.165, 1.54) is 12.8 Å². The first-order valence-corrected chi connectivity index (χ1v) is 7.33. The topological polar surface area (TPSA) is 66.5 Å². The minimum atomic E-state index is 0.527. The number of guanidine groups is 1. The molecule has 0 radical (unpaired) electrons. The van der Waals surface area contributed by atoms with E-state index in [0.717, 1.165) is 30.9 Å². The maximum absolute atomic E-state index is 5.10. The van der Waals surface area contributed by atoms with Crippen LogP contribution in [0.15, 0.2) is 9.52 Å². The molecule has 1 aromatic heterocycles. The third-order valence-corrected chi connectivity index (χ3v) is 3.57. The standard InChI is InChI=1S/C14H25N5O/c1-10(2)7-12-5-6-19(9-12)14(15-4)16-8-13-17-11(3)18-20-13/h10,12H,5-9H2,1-4H3,(H,15,16). The molecule has 0 aliphatic carbocycles. The summed E-state index contributed by atoms with van der Waals surface area (Å²) in [6.45, 7) is 9.07. The Labute approximate surface area is 120 Å². The van der Waals surface area contributed by atoms with Crippen LogP contribution in [0.1, 0.15) is 38.4 Å². The number of aromatic nitrogens is 2. The monoisotopic (exact) mass is 279 g/mol. The van der Waals surface area contributed by atoms with Crippen molar-refractivity contribution in [2.45, 2.75) is 40.2 Å². The van der Waals surface area contributed by atoms with Gasteiger partial charge in [-0.05, 0) is 31.6 Å². The molecule has 1 aliphatic heterocycles. The summed E-state index contributed by atoms with van der Waals surface area (Å²) in [6, 6.07) is 0. The first-order valence-electron chi connectivity index (χ1n) is 7.33. The SMILES string of the molecule is CN=C(NCc1nc(C)no1)N1CCC(CC(C)C)C1. The molecule has 112 valence electrons. The number of nitrogens with one attached hydrogen (secondary N) is 1. The molecule has 1 atom stereocenters. The Kier molecular flexibility index (Phi) is 4.98. The number of nitrogens with zero attached hydrogens (tertiary/aromatic N) is 4. The van der Waals surface area contributed by atoms with Crippen molar-refractivity contribution in [2.75, 3.05) is 20.1 Å². The molecule has 20 heavy (non-hydrogen) atoms. The van der Waals surface area contributed by atoms with Gasteiger partial charge in [-0.25, -0.2) is 0 Å². The lowest BCUT2D eigenvalue weighted by Crippen LogP contribution is -2.39. The zero-order valence-corrected chi connectivity index (χ0v) is 12.9. The fourth-order valence-electron chi connectivity index (χ4n) is 2.78. The smallest absolute Gasteiger partial charge is 0.246 e. The number of hydrogen-bond acceptors (Lipinski definition) is 4. The summed E-state index contributed by atoms with van der Waals surface area (Å²) >= 11 is 0. The van der Waals surface area contributed by atoms with E-state index in [4.69, 9.17) is 4.52 Å². The molecule has 0 amide bonds. The van der Waals surface area contributed by atoms with Crippen molar-refractivity contribution in [2.24, 2.45) is 16.8 Å². The molecular weight excluding hydrogens is 254 g/mol. The molecule has 1 fully saturated rings. The van der Waals surface area contributed by atoms with Gasteiger partial charge in [0.25, 0.3) is 0 Å². The highest BCUT2D eigenvalue weighted by atomic mass is 16.5. The average Bonchev–Trinajstić information content (AvgIpc) is 2.99. The summed E-state index contributed by atoms with van der Waals surface area (Å²) in [5.41, 5.74) is 0. The summed E-state index contributed by atoms with van der Waals surface area (Å²) in [6.07, 6.45) is 2.54. The van der Waals surface area contributed by atoms with Gasteiger partial charge in [0.1, 0.15) is 0 Å². The predicted molar refractivity (Wildman–Crippen MR) is 78.4 cm³/mol. The van der Waals surface area contributed by atoms with Crippen LogP contribution in [-0.2, 0) is 6.54 Å². The quantitative estimate of drug-likeness (QED) is 0.672. The molecule has 6 nitrogen and oxygen atoms in total. The van der Waals surface area contributed by atoms with E-state index in [1.54, 1.807) is 0 Å². The average molecular weight is 279 g/mol. The summed E-state index contributed by atoms with van der Waals surface area (Å²) in [5, 5.41) is 7.08. The summed E-state index contributed by atoms with van der Waals surface area (Å²) in [5.74, 6) is 3.72. The highest BCUT2D eigenvalue weighted by Gasteiger charge is 2.25. The number of hydrogen-bond donors (Lipinski definition) is 1. The van der Waals surface area contributed by atoms with Gasteiger partial charge in [-0.2, -0.15) is 4.98 Å². The molecule has 2 heterocycles. The zero-order chi connectivity index (χ0) is 14.5. The van der Waals surface area contributed by atoms with E-state index in [0.29, 0.717) is 18.3 Å². The number of rotatable bonds is 4. The Morgan fingerprint density at radius 1 is 1.55 bits per heavy atom. The van der Waals surface area contributed by atoms with Gasteiger partial charge in [0.2, 0.25) is 5.89 Å². The Morgan fingerprint density at radius 3 is 2.95 bits per heavy atom. The second kappa shape index (κ2) is 6.72. The van der Waals surface area contributed by atoms with E-state index in [-0.39, 0.29) is 0 Å². The van der Waals surface area contributed by atoms with Crippen LogP contribution in [0, 0.1) is 18.8 Å². The normalized spacial score (nSPS) is 19.9. The van der Waals surface area contributed by atoms with Gasteiger partial charge in [-0.15, -0.1) is 0 Å².